The lowest BCUT2D eigenvalue weighted by atomic mass is 10.1. The summed E-state index contributed by atoms with van der Waals surface area (Å²) in [5.41, 5.74) is 7.33. The van der Waals surface area contributed by atoms with Crippen LogP contribution in [0, 0.1) is 18.2 Å². The highest BCUT2D eigenvalue weighted by atomic mass is 32.1. The highest BCUT2D eigenvalue weighted by Gasteiger charge is 2.09. The van der Waals surface area contributed by atoms with Crippen LogP contribution < -0.4 is 5.73 Å². The summed E-state index contributed by atoms with van der Waals surface area (Å²) in [6, 6.07) is 4.65. The third-order valence-electron chi connectivity index (χ3n) is 2.90. The highest BCUT2D eigenvalue weighted by molar-refractivity contribution is 7.09. The van der Waals surface area contributed by atoms with Crippen LogP contribution in [-0.2, 0) is 13.1 Å². The molecule has 0 aliphatic heterocycles. The Hall–Kier alpha value is -1.79. The standard InChI is InChI=1S/C14H17FN4S/c1-9-18-12(8-20-9)7-19(2)6-11-4-3-10(14(16)17)5-13(11)15/h3-5,8H,6-7H2,1-2H3,(H3,16,17). The predicted octanol–water partition coefficient (Wildman–Crippen LogP) is 2.51. The Morgan fingerprint density at radius 3 is 2.75 bits per heavy atom. The van der Waals surface area contributed by atoms with Gasteiger partial charge in [-0.2, -0.15) is 0 Å². The van der Waals surface area contributed by atoms with Crippen LogP contribution in [0.15, 0.2) is 23.6 Å². The van der Waals surface area contributed by atoms with E-state index in [1.807, 2.05) is 24.3 Å². The van der Waals surface area contributed by atoms with Crippen molar-refractivity contribution < 1.29 is 4.39 Å². The van der Waals surface area contributed by atoms with Crippen LogP contribution in [0.25, 0.3) is 0 Å². The Morgan fingerprint density at radius 1 is 1.45 bits per heavy atom. The van der Waals surface area contributed by atoms with E-state index in [0.717, 1.165) is 10.7 Å². The lowest BCUT2D eigenvalue weighted by Gasteiger charge is -2.16. The van der Waals surface area contributed by atoms with E-state index in [1.54, 1.807) is 23.5 Å². The molecule has 0 saturated heterocycles. The molecule has 2 aromatic rings. The van der Waals surface area contributed by atoms with Gasteiger partial charge in [0, 0.05) is 29.6 Å². The van der Waals surface area contributed by atoms with E-state index in [4.69, 9.17) is 11.1 Å². The minimum Gasteiger partial charge on any atom is -0.384 e. The van der Waals surface area contributed by atoms with Crippen molar-refractivity contribution in [3.63, 3.8) is 0 Å². The number of nitrogens with zero attached hydrogens (tertiary/aromatic N) is 2. The molecule has 2 rings (SSSR count). The maximum Gasteiger partial charge on any atom is 0.128 e. The number of aromatic nitrogens is 1. The van der Waals surface area contributed by atoms with E-state index in [-0.39, 0.29) is 11.7 Å². The molecule has 106 valence electrons. The van der Waals surface area contributed by atoms with Crippen LogP contribution in [0.2, 0.25) is 0 Å². The fraction of sp³-hybridized carbons (Fsp3) is 0.286. The molecule has 0 saturated carbocycles. The minimum absolute atomic E-state index is 0.123. The number of aryl methyl sites for hydroxylation is 1. The largest absolute Gasteiger partial charge is 0.384 e. The number of nitrogens with two attached hydrogens (primary N) is 1. The number of rotatable bonds is 5. The first-order chi connectivity index (χ1) is 9.45. The van der Waals surface area contributed by atoms with E-state index >= 15 is 0 Å². The molecule has 0 aliphatic rings. The van der Waals surface area contributed by atoms with Gasteiger partial charge < -0.3 is 5.73 Å². The van der Waals surface area contributed by atoms with Crippen molar-refractivity contribution in [2.24, 2.45) is 5.73 Å². The monoisotopic (exact) mass is 292 g/mol. The number of hydrogen-bond donors (Lipinski definition) is 2. The molecule has 20 heavy (non-hydrogen) atoms. The van der Waals surface area contributed by atoms with Gasteiger partial charge >= 0.3 is 0 Å². The maximum absolute atomic E-state index is 13.9. The Kier molecular flexibility index (Phi) is 4.46. The molecular formula is C14H17FN4S. The van der Waals surface area contributed by atoms with E-state index in [9.17, 15) is 4.39 Å². The second-order valence-corrected chi connectivity index (χ2v) is 5.81. The summed E-state index contributed by atoms with van der Waals surface area (Å²) < 4.78 is 13.9. The lowest BCUT2D eigenvalue weighted by molar-refractivity contribution is 0.310. The molecule has 0 bridgehead atoms. The molecule has 3 N–H and O–H groups in total. The average Bonchev–Trinajstić information content (AvgIpc) is 2.77. The summed E-state index contributed by atoms with van der Waals surface area (Å²) in [5.74, 6) is -0.458. The summed E-state index contributed by atoms with van der Waals surface area (Å²) in [6.45, 7) is 3.13. The molecule has 6 heteroatoms. The van der Waals surface area contributed by atoms with Gasteiger partial charge in [-0.25, -0.2) is 9.37 Å². The molecule has 0 aliphatic carbocycles. The topological polar surface area (TPSA) is 66.0 Å². The van der Waals surface area contributed by atoms with Crippen molar-refractivity contribution in [1.82, 2.24) is 9.88 Å². The first-order valence-electron chi connectivity index (χ1n) is 6.18. The third-order valence-corrected chi connectivity index (χ3v) is 3.73. The number of benzene rings is 1. The quantitative estimate of drug-likeness (QED) is 0.657. The lowest BCUT2D eigenvalue weighted by Crippen LogP contribution is -2.19. The van der Waals surface area contributed by atoms with Crippen molar-refractivity contribution in [2.45, 2.75) is 20.0 Å². The van der Waals surface area contributed by atoms with Gasteiger partial charge in [0.1, 0.15) is 11.7 Å². The van der Waals surface area contributed by atoms with Gasteiger partial charge in [-0.05, 0) is 20.0 Å². The van der Waals surface area contributed by atoms with E-state index < -0.39 is 0 Å². The average molecular weight is 292 g/mol. The normalized spacial score (nSPS) is 11.0. The van der Waals surface area contributed by atoms with Crippen LogP contribution in [0.3, 0.4) is 0 Å². The van der Waals surface area contributed by atoms with Gasteiger partial charge in [-0.3, -0.25) is 10.3 Å². The zero-order valence-corrected chi connectivity index (χ0v) is 12.3. The summed E-state index contributed by atoms with van der Waals surface area (Å²) in [5, 5.41) is 10.3. The van der Waals surface area contributed by atoms with Gasteiger partial charge in [0.15, 0.2) is 0 Å². The number of amidine groups is 1. The van der Waals surface area contributed by atoms with Crippen molar-refractivity contribution in [3.05, 3.63) is 51.2 Å². The summed E-state index contributed by atoms with van der Waals surface area (Å²) >= 11 is 1.61. The van der Waals surface area contributed by atoms with Crippen LogP contribution >= 0.6 is 11.3 Å². The molecule has 1 heterocycles. The fourth-order valence-electron chi connectivity index (χ4n) is 1.95. The van der Waals surface area contributed by atoms with Crippen molar-refractivity contribution >= 4 is 17.2 Å². The number of halogens is 1. The SMILES string of the molecule is Cc1nc(CN(C)Cc2ccc(C(=N)N)cc2F)cs1. The highest BCUT2D eigenvalue weighted by Crippen LogP contribution is 2.15. The van der Waals surface area contributed by atoms with E-state index in [0.29, 0.717) is 24.2 Å². The first-order valence-corrected chi connectivity index (χ1v) is 7.06. The van der Waals surface area contributed by atoms with Gasteiger partial charge in [0.2, 0.25) is 0 Å². The molecule has 0 amide bonds. The molecule has 0 radical (unpaired) electrons. The zero-order chi connectivity index (χ0) is 14.7. The summed E-state index contributed by atoms with van der Waals surface area (Å²) in [4.78, 5) is 6.39. The predicted molar refractivity (Wildman–Crippen MR) is 79.4 cm³/mol. The van der Waals surface area contributed by atoms with E-state index in [1.165, 1.54) is 6.07 Å². The Morgan fingerprint density at radius 2 is 2.20 bits per heavy atom. The maximum atomic E-state index is 13.9. The Labute approximate surface area is 121 Å². The molecular weight excluding hydrogens is 275 g/mol. The van der Waals surface area contributed by atoms with Crippen LogP contribution in [0.5, 0.6) is 0 Å². The smallest absolute Gasteiger partial charge is 0.128 e. The Bertz CT molecular complexity index is 623. The van der Waals surface area contributed by atoms with Gasteiger partial charge in [0.25, 0.3) is 0 Å². The second kappa shape index (κ2) is 6.11. The van der Waals surface area contributed by atoms with Gasteiger partial charge in [-0.15, -0.1) is 11.3 Å². The van der Waals surface area contributed by atoms with Crippen molar-refractivity contribution in [1.29, 1.82) is 5.41 Å². The number of thiazole rings is 1. The van der Waals surface area contributed by atoms with Crippen molar-refractivity contribution in [3.8, 4) is 0 Å². The molecule has 0 spiro atoms. The Balaban J connectivity index is 2.04. The van der Waals surface area contributed by atoms with Crippen LogP contribution in [0.4, 0.5) is 4.39 Å². The molecule has 0 fully saturated rings. The molecule has 1 aromatic carbocycles. The van der Waals surface area contributed by atoms with Gasteiger partial charge in [0.05, 0.1) is 10.7 Å². The third kappa shape index (κ3) is 3.61. The van der Waals surface area contributed by atoms with Crippen molar-refractivity contribution in [2.75, 3.05) is 7.05 Å². The second-order valence-electron chi connectivity index (χ2n) is 4.75. The number of hydrogen-bond acceptors (Lipinski definition) is 4. The van der Waals surface area contributed by atoms with E-state index in [2.05, 4.69) is 4.98 Å². The molecule has 0 unspecified atom stereocenters. The summed E-state index contributed by atoms with van der Waals surface area (Å²) in [7, 11) is 1.92. The van der Waals surface area contributed by atoms with Gasteiger partial charge in [-0.1, -0.05) is 12.1 Å². The summed E-state index contributed by atoms with van der Waals surface area (Å²) in [6.07, 6.45) is 0. The number of nitrogen functional groups attached to an aromatic ring is 1. The van der Waals surface area contributed by atoms with Crippen LogP contribution in [-0.4, -0.2) is 22.8 Å². The first kappa shape index (κ1) is 14.6. The fourth-order valence-corrected chi connectivity index (χ4v) is 2.55. The minimum atomic E-state index is -0.334. The zero-order valence-electron chi connectivity index (χ0n) is 11.5. The molecule has 4 nitrogen and oxygen atoms in total. The molecule has 1 aromatic heterocycles. The number of nitrogens with one attached hydrogen (secondary N) is 1. The van der Waals surface area contributed by atoms with Crippen LogP contribution in [0.1, 0.15) is 21.8 Å². The molecule has 0 atom stereocenters.